The van der Waals surface area contributed by atoms with Crippen molar-refractivity contribution in [1.29, 1.82) is 0 Å². The first-order valence-electron chi connectivity index (χ1n) is 6.72. The largest absolute Gasteiger partial charge is 0.508 e. The summed E-state index contributed by atoms with van der Waals surface area (Å²) in [7, 11) is 0. The van der Waals surface area contributed by atoms with Crippen LogP contribution in [0.15, 0.2) is 24.3 Å². The summed E-state index contributed by atoms with van der Waals surface area (Å²) < 4.78 is 6.03. The highest BCUT2D eigenvalue weighted by Gasteiger charge is 2.18. The second kappa shape index (κ2) is 5.85. The third-order valence-corrected chi connectivity index (χ3v) is 3.89. The SMILES string of the molecule is CC(C)(C)OC(=O)CCC(=O)c1cc2ccc(O)cc2s1. The van der Waals surface area contributed by atoms with Gasteiger partial charge in [-0.1, -0.05) is 0 Å². The highest BCUT2D eigenvalue weighted by Crippen LogP contribution is 2.29. The third-order valence-electron chi connectivity index (χ3n) is 2.75. The number of ketones is 1. The molecule has 1 aromatic heterocycles. The number of carbonyl (C=O) groups is 2. The van der Waals surface area contributed by atoms with E-state index in [0.29, 0.717) is 4.88 Å². The molecule has 5 heteroatoms. The number of phenolic OH excluding ortho intramolecular Hbond substituents is 1. The van der Waals surface area contributed by atoms with Crippen molar-refractivity contribution >= 4 is 33.2 Å². The van der Waals surface area contributed by atoms with Crippen molar-refractivity contribution in [1.82, 2.24) is 0 Å². The van der Waals surface area contributed by atoms with E-state index in [0.717, 1.165) is 10.1 Å². The number of fused-ring (bicyclic) bond motifs is 1. The Morgan fingerprint density at radius 3 is 2.57 bits per heavy atom. The van der Waals surface area contributed by atoms with Crippen molar-refractivity contribution < 1.29 is 19.4 Å². The quantitative estimate of drug-likeness (QED) is 0.687. The van der Waals surface area contributed by atoms with E-state index in [4.69, 9.17) is 4.74 Å². The summed E-state index contributed by atoms with van der Waals surface area (Å²) in [5.74, 6) is -0.270. The van der Waals surface area contributed by atoms with E-state index in [1.807, 2.05) is 0 Å². The van der Waals surface area contributed by atoms with Crippen LogP contribution in [-0.2, 0) is 9.53 Å². The number of phenols is 1. The summed E-state index contributed by atoms with van der Waals surface area (Å²) in [6.45, 7) is 5.39. The molecule has 0 aliphatic rings. The van der Waals surface area contributed by atoms with Gasteiger partial charge in [-0.3, -0.25) is 9.59 Å². The Labute approximate surface area is 127 Å². The fraction of sp³-hybridized carbons (Fsp3) is 0.375. The lowest BCUT2D eigenvalue weighted by Crippen LogP contribution is -2.24. The van der Waals surface area contributed by atoms with E-state index in [2.05, 4.69) is 0 Å². The Bertz CT molecular complexity index is 679. The summed E-state index contributed by atoms with van der Waals surface area (Å²) in [6, 6.07) is 6.78. The number of ether oxygens (including phenoxy) is 1. The fourth-order valence-corrected chi connectivity index (χ4v) is 2.95. The first kappa shape index (κ1) is 15.5. The van der Waals surface area contributed by atoms with Crippen LogP contribution >= 0.6 is 11.3 Å². The monoisotopic (exact) mass is 306 g/mol. The molecule has 112 valence electrons. The fourth-order valence-electron chi connectivity index (χ4n) is 1.89. The van der Waals surface area contributed by atoms with Crippen LogP contribution in [-0.4, -0.2) is 22.5 Å². The van der Waals surface area contributed by atoms with E-state index < -0.39 is 5.60 Å². The lowest BCUT2D eigenvalue weighted by Gasteiger charge is -2.19. The van der Waals surface area contributed by atoms with Crippen molar-refractivity contribution in [2.75, 3.05) is 0 Å². The molecule has 0 unspecified atom stereocenters. The van der Waals surface area contributed by atoms with Gasteiger partial charge in [0.15, 0.2) is 5.78 Å². The van der Waals surface area contributed by atoms with E-state index in [1.54, 1.807) is 45.0 Å². The summed E-state index contributed by atoms with van der Waals surface area (Å²) in [5, 5.41) is 10.3. The van der Waals surface area contributed by atoms with E-state index in [9.17, 15) is 14.7 Å². The van der Waals surface area contributed by atoms with Gasteiger partial charge < -0.3 is 9.84 Å². The first-order valence-corrected chi connectivity index (χ1v) is 7.54. The average molecular weight is 306 g/mol. The maximum Gasteiger partial charge on any atom is 0.306 e. The van der Waals surface area contributed by atoms with Crippen LogP contribution in [0.25, 0.3) is 10.1 Å². The van der Waals surface area contributed by atoms with Gasteiger partial charge in [0, 0.05) is 11.1 Å². The number of esters is 1. The molecule has 0 atom stereocenters. The Kier molecular flexibility index (Phi) is 4.32. The second-order valence-corrected chi connectivity index (χ2v) is 6.93. The number of aromatic hydroxyl groups is 1. The van der Waals surface area contributed by atoms with Crippen LogP contribution in [0.5, 0.6) is 5.75 Å². The lowest BCUT2D eigenvalue weighted by atomic mass is 10.1. The predicted octanol–water partition coefficient (Wildman–Crippen LogP) is 3.91. The van der Waals surface area contributed by atoms with Crippen LogP contribution in [0.3, 0.4) is 0 Å². The lowest BCUT2D eigenvalue weighted by molar-refractivity contribution is -0.154. The molecule has 21 heavy (non-hydrogen) atoms. The molecular weight excluding hydrogens is 288 g/mol. The van der Waals surface area contributed by atoms with Crippen molar-refractivity contribution in [3.05, 3.63) is 29.1 Å². The van der Waals surface area contributed by atoms with Crippen molar-refractivity contribution in [3.8, 4) is 5.75 Å². The van der Waals surface area contributed by atoms with Gasteiger partial charge in [-0.2, -0.15) is 0 Å². The van der Waals surface area contributed by atoms with Crippen LogP contribution < -0.4 is 0 Å². The molecular formula is C16H18O4S. The van der Waals surface area contributed by atoms with E-state index in [1.165, 1.54) is 11.3 Å². The Morgan fingerprint density at radius 2 is 1.90 bits per heavy atom. The van der Waals surface area contributed by atoms with Crippen molar-refractivity contribution in [2.24, 2.45) is 0 Å². The molecule has 1 N–H and O–H groups in total. The number of carbonyl (C=O) groups excluding carboxylic acids is 2. The zero-order valence-corrected chi connectivity index (χ0v) is 13.1. The van der Waals surface area contributed by atoms with Gasteiger partial charge >= 0.3 is 5.97 Å². The minimum Gasteiger partial charge on any atom is -0.508 e. The molecule has 2 rings (SSSR count). The van der Waals surface area contributed by atoms with Crippen molar-refractivity contribution in [2.45, 2.75) is 39.2 Å². The Morgan fingerprint density at radius 1 is 1.19 bits per heavy atom. The molecule has 1 heterocycles. The molecule has 0 aliphatic heterocycles. The second-order valence-electron chi connectivity index (χ2n) is 5.84. The summed E-state index contributed by atoms with van der Waals surface area (Å²) in [4.78, 5) is 24.3. The molecule has 0 amide bonds. The Hall–Kier alpha value is -1.88. The number of benzene rings is 1. The zero-order chi connectivity index (χ0) is 15.6. The topological polar surface area (TPSA) is 63.6 Å². The minimum absolute atomic E-state index is 0.0790. The molecule has 0 spiro atoms. The smallest absolute Gasteiger partial charge is 0.306 e. The number of hydrogen-bond donors (Lipinski definition) is 1. The minimum atomic E-state index is -0.532. The number of hydrogen-bond acceptors (Lipinski definition) is 5. The predicted molar refractivity (Wildman–Crippen MR) is 82.9 cm³/mol. The number of Topliss-reactive ketones (excluding diaryl/α,β-unsaturated/α-hetero) is 1. The van der Waals surface area contributed by atoms with Gasteiger partial charge in [-0.25, -0.2) is 0 Å². The van der Waals surface area contributed by atoms with Crippen molar-refractivity contribution in [3.63, 3.8) is 0 Å². The van der Waals surface area contributed by atoms with Gasteiger partial charge in [0.25, 0.3) is 0 Å². The van der Waals surface area contributed by atoms with Gasteiger partial charge in [0.05, 0.1) is 11.3 Å². The average Bonchev–Trinajstić information content (AvgIpc) is 2.76. The maximum atomic E-state index is 12.1. The van der Waals surface area contributed by atoms with E-state index in [-0.39, 0.29) is 30.3 Å². The van der Waals surface area contributed by atoms with Crippen LogP contribution in [0.2, 0.25) is 0 Å². The summed E-state index contributed by atoms with van der Waals surface area (Å²) in [6.07, 6.45) is 0.212. The van der Waals surface area contributed by atoms with Gasteiger partial charge in [-0.15, -0.1) is 11.3 Å². The first-order chi connectivity index (χ1) is 9.74. The number of thiophene rings is 1. The third kappa shape index (κ3) is 4.29. The van der Waals surface area contributed by atoms with Gasteiger partial charge in [0.2, 0.25) is 0 Å². The molecule has 0 saturated heterocycles. The molecule has 0 saturated carbocycles. The standard InChI is InChI=1S/C16H18O4S/c1-16(2,3)20-15(19)7-6-12(18)14-8-10-4-5-11(17)9-13(10)21-14/h4-5,8-9,17H,6-7H2,1-3H3. The summed E-state index contributed by atoms with van der Waals surface area (Å²) >= 11 is 1.32. The normalized spacial score (nSPS) is 11.6. The Balaban J connectivity index is 2.01. The highest BCUT2D eigenvalue weighted by molar-refractivity contribution is 7.20. The van der Waals surface area contributed by atoms with Crippen LogP contribution in [0, 0.1) is 0 Å². The van der Waals surface area contributed by atoms with Crippen LogP contribution in [0.4, 0.5) is 0 Å². The summed E-state index contributed by atoms with van der Waals surface area (Å²) in [5.41, 5.74) is -0.532. The molecule has 0 aliphatic carbocycles. The van der Waals surface area contributed by atoms with Gasteiger partial charge in [0.1, 0.15) is 11.4 Å². The molecule has 0 bridgehead atoms. The van der Waals surface area contributed by atoms with Crippen LogP contribution in [0.1, 0.15) is 43.3 Å². The molecule has 0 fully saturated rings. The molecule has 4 nitrogen and oxygen atoms in total. The molecule has 0 radical (unpaired) electrons. The molecule has 1 aromatic carbocycles. The molecule has 2 aromatic rings. The zero-order valence-electron chi connectivity index (χ0n) is 12.3. The maximum absolute atomic E-state index is 12.1. The van der Waals surface area contributed by atoms with Gasteiger partial charge in [-0.05, 0) is 50.4 Å². The number of rotatable bonds is 4. The van der Waals surface area contributed by atoms with E-state index >= 15 is 0 Å². The highest BCUT2D eigenvalue weighted by atomic mass is 32.1.